The molecule has 0 bridgehead atoms. The lowest BCUT2D eigenvalue weighted by molar-refractivity contribution is 0.0952. The molecule has 0 aromatic carbocycles. The van der Waals surface area contributed by atoms with Crippen LogP contribution in [0.25, 0.3) is 16.6 Å². The van der Waals surface area contributed by atoms with Crippen molar-refractivity contribution in [3.63, 3.8) is 0 Å². The quantitative estimate of drug-likeness (QED) is 0.489. The van der Waals surface area contributed by atoms with Gasteiger partial charge in [0.15, 0.2) is 5.65 Å². The average molecular weight is 491 g/mol. The van der Waals surface area contributed by atoms with Crippen LogP contribution in [0.15, 0.2) is 23.0 Å². The van der Waals surface area contributed by atoms with Gasteiger partial charge in [0.25, 0.3) is 11.5 Å². The predicted molar refractivity (Wildman–Crippen MR) is 144 cm³/mol. The maximum Gasteiger partial charge on any atom is 0.253 e. The standard InChI is InChI=1S/C28H38N6O2/c1-15(2)34-24-23(18(5)32-34)20(25(35)29-14-21-16(3)10-17(4)30-26(21)36)11-22(31-24)19-12-27(6,7)33-28(8,9)13-19/h10-12,15,33H,13-14H2,1-9H3,(H,29,35)(H,30,36). The number of hydrogen-bond acceptors (Lipinski definition) is 5. The number of hydrogen-bond donors (Lipinski definition) is 3. The fourth-order valence-corrected chi connectivity index (χ4v) is 5.46. The third-order valence-electron chi connectivity index (χ3n) is 6.65. The molecule has 0 saturated heterocycles. The SMILES string of the molecule is Cc1cc(C)c(CNC(=O)c2cc(C3=CC(C)(C)NC(C)(C)C3)nc3c2c(C)nn3C(C)C)c(=O)[nH]1. The number of nitrogens with zero attached hydrogens (tertiary/aromatic N) is 3. The molecule has 1 aliphatic rings. The van der Waals surface area contributed by atoms with E-state index >= 15 is 0 Å². The Labute approximate surface area is 212 Å². The minimum absolute atomic E-state index is 0.0866. The number of carbonyl (C=O) groups is 1. The predicted octanol–water partition coefficient (Wildman–Crippen LogP) is 4.49. The van der Waals surface area contributed by atoms with E-state index < -0.39 is 0 Å². The second-order valence-corrected chi connectivity index (χ2v) is 11.6. The van der Waals surface area contributed by atoms with Gasteiger partial charge in [-0.25, -0.2) is 9.67 Å². The second-order valence-electron chi connectivity index (χ2n) is 11.6. The van der Waals surface area contributed by atoms with E-state index in [9.17, 15) is 9.59 Å². The van der Waals surface area contributed by atoms with E-state index in [1.807, 2.05) is 37.6 Å². The number of carbonyl (C=O) groups excluding carboxylic acids is 1. The lowest BCUT2D eigenvalue weighted by Crippen LogP contribution is -2.53. The lowest BCUT2D eigenvalue weighted by Gasteiger charge is -2.41. The van der Waals surface area contributed by atoms with E-state index in [1.54, 1.807) is 0 Å². The first-order valence-electron chi connectivity index (χ1n) is 12.6. The van der Waals surface area contributed by atoms with Gasteiger partial charge < -0.3 is 15.6 Å². The van der Waals surface area contributed by atoms with Gasteiger partial charge in [-0.15, -0.1) is 0 Å². The summed E-state index contributed by atoms with van der Waals surface area (Å²) < 4.78 is 1.89. The molecule has 192 valence electrons. The molecule has 0 saturated carbocycles. The van der Waals surface area contributed by atoms with Crippen LogP contribution in [0.5, 0.6) is 0 Å². The third-order valence-corrected chi connectivity index (χ3v) is 6.65. The average Bonchev–Trinajstić information content (AvgIpc) is 3.07. The van der Waals surface area contributed by atoms with Crippen molar-refractivity contribution in [1.82, 2.24) is 30.4 Å². The molecule has 4 heterocycles. The minimum atomic E-state index is -0.248. The van der Waals surface area contributed by atoms with Crippen molar-refractivity contribution in [3.8, 4) is 0 Å². The normalized spacial score (nSPS) is 16.9. The molecule has 1 amide bonds. The first-order chi connectivity index (χ1) is 16.7. The van der Waals surface area contributed by atoms with E-state index in [4.69, 9.17) is 10.1 Å². The highest BCUT2D eigenvalue weighted by Crippen LogP contribution is 2.35. The number of rotatable bonds is 5. The van der Waals surface area contributed by atoms with Crippen LogP contribution >= 0.6 is 0 Å². The van der Waals surface area contributed by atoms with Crippen LogP contribution in [0.1, 0.15) is 92.6 Å². The van der Waals surface area contributed by atoms with Crippen LogP contribution in [0, 0.1) is 20.8 Å². The number of H-pyrrole nitrogens is 1. The summed E-state index contributed by atoms with van der Waals surface area (Å²) in [5, 5.41) is 12.1. The maximum atomic E-state index is 13.6. The Hall–Kier alpha value is -3.26. The molecule has 0 spiro atoms. The van der Waals surface area contributed by atoms with Gasteiger partial charge in [0, 0.05) is 34.9 Å². The smallest absolute Gasteiger partial charge is 0.253 e. The summed E-state index contributed by atoms with van der Waals surface area (Å²) in [6, 6.07) is 3.88. The fourth-order valence-electron chi connectivity index (χ4n) is 5.46. The van der Waals surface area contributed by atoms with Gasteiger partial charge in [-0.1, -0.05) is 6.08 Å². The summed E-state index contributed by atoms with van der Waals surface area (Å²) >= 11 is 0. The highest BCUT2D eigenvalue weighted by molar-refractivity contribution is 6.07. The molecule has 0 atom stereocenters. The van der Waals surface area contributed by atoms with Gasteiger partial charge in [0.05, 0.1) is 22.3 Å². The largest absolute Gasteiger partial charge is 0.348 e. The summed E-state index contributed by atoms with van der Waals surface area (Å²) in [5.41, 5.74) is 5.55. The molecule has 1 aliphatic heterocycles. The summed E-state index contributed by atoms with van der Waals surface area (Å²) in [7, 11) is 0. The van der Waals surface area contributed by atoms with Crippen LogP contribution < -0.4 is 16.2 Å². The second kappa shape index (κ2) is 9.00. The zero-order chi connectivity index (χ0) is 26.6. The Bertz CT molecular complexity index is 1440. The molecule has 4 rings (SSSR count). The molecular formula is C28H38N6O2. The van der Waals surface area contributed by atoms with Crippen molar-refractivity contribution in [3.05, 3.63) is 62.3 Å². The summed E-state index contributed by atoms with van der Waals surface area (Å²) in [5.74, 6) is -0.248. The number of aryl methyl sites for hydroxylation is 3. The monoisotopic (exact) mass is 490 g/mol. The van der Waals surface area contributed by atoms with Crippen molar-refractivity contribution >= 4 is 22.5 Å². The molecular weight excluding hydrogens is 452 g/mol. The molecule has 8 heteroatoms. The topological polar surface area (TPSA) is 105 Å². The molecule has 0 aliphatic carbocycles. The summed E-state index contributed by atoms with van der Waals surface area (Å²) in [6.07, 6.45) is 2.98. The van der Waals surface area contributed by atoms with Crippen LogP contribution in [0.2, 0.25) is 0 Å². The van der Waals surface area contributed by atoms with Crippen LogP contribution in [0.4, 0.5) is 0 Å². The van der Waals surface area contributed by atoms with Gasteiger partial charge in [0.2, 0.25) is 0 Å². The van der Waals surface area contributed by atoms with Crippen molar-refractivity contribution in [2.75, 3.05) is 0 Å². The number of aromatic amines is 1. The highest BCUT2D eigenvalue weighted by atomic mass is 16.1. The van der Waals surface area contributed by atoms with Gasteiger partial charge in [-0.3, -0.25) is 9.59 Å². The van der Waals surface area contributed by atoms with Crippen molar-refractivity contribution in [1.29, 1.82) is 0 Å². The lowest BCUT2D eigenvalue weighted by atomic mass is 9.82. The molecule has 0 radical (unpaired) electrons. The van der Waals surface area contributed by atoms with Crippen LogP contribution in [-0.2, 0) is 6.54 Å². The Morgan fingerprint density at radius 2 is 1.86 bits per heavy atom. The number of fused-ring (bicyclic) bond motifs is 1. The Morgan fingerprint density at radius 1 is 1.17 bits per heavy atom. The van der Waals surface area contributed by atoms with Crippen molar-refractivity contribution in [2.24, 2.45) is 0 Å². The molecule has 36 heavy (non-hydrogen) atoms. The van der Waals surface area contributed by atoms with Crippen molar-refractivity contribution in [2.45, 2.75) is 92.4 Å². The minimum Gasteiger partial charge on any atom is -0.348 e. The zero-order valence-electron chi connectivity index (χ0n) is 22.9. The fraction of sp³-hybridized carbons (Fsp3) is 0.500. The molecule has 0 unspecified atom stereocenters. The number of pyridine rings is 2. The zero-order valence-corrected chi connectivity index (χ0v) is 22.9. The first-order valence-corrected chi connectivity index (χ1v) is 12.6. The van der Waals surface area contributed by atoms with E-state index in [0.29, 0.717) is 16.8 Å². The van der Waals surface area contributed by atoms with Crippen molar-refractivity contribution < 1.29 is 4.79 Å². The summed E-state index contributed by atoms with van der Waals surface area (Å²) in [4.78, 5) is 34.0. The summed E-state index contributed by atoms with van der Waals surface area (Å²) in [6.45, 7) is 18.5. The highest BCUT2D eigenvalue weighted by Gasteiger charge is 2.33. The third kappa shape index (κ3) is 5.00. The van der Waals surface area contributed by atoms with Gasteiger partial charge in [-0.2, -0.15) is 5.10 Å². The van der Waals surface area contributed by atoms with Gasteiger partial charge >= 0.3 is 0 Å². The first kappa shape index (κ1) is 25.8. The van der Waals surface area contributed by atoms with E-state index in [1.165, 1.54) is 0 Å². The molecule has 3 aromatic heterocycles. The Kier molecular flexibility index (Phi) is 6.45. The number of nitrogens with one attached hydrogen (secondary N) is 3. The molecule has 0 fully saturated rings. The van der Waals surface area contributed by atoms with Gasteiger partial charge in [-0.05, 0) is 92.0 Å². The number of amides is 1. The number of aromatic nitrogens is 4. The molecule has 3 N–H and O–H groups in total. The molecule has 8 nitrogen and oxygen atoms in total. The Morgan fingerprint density at radius 3 is 2.47 bits per heavy atom. The maximum absolute atomic E-state index is 13.6. The molecule has 3 aromatic rings. The van der Waals surface area contributed by atoms with E-state index in [-0.39, 0.29) is 35.1 Å². The Balaban J connectivity index is 1.83. The van der Waals surface area contributed by atoms with E-state index in [2.05, 4.69) is 63.2 Å². The van der Waals surface area contributed by atoms with E-state index in [0.717, 1.165) is 40.0 Å². The van der Waals surface area contributed by atoms with Gasteiger partial charge in [0.1, 0.15) is 0 Å². The van der Waals surface area contributed by atoms with Crippen LogP contribution in [0.3, 0.4) is 0 Å². The van der Waals surface area contributed by atoms with Crippen LogP contribution in [-0.4, -0.2) is 36.7 Å².